The molecule has 2 heterocycles. The van der Waals surface area contributed by atoms with Gasteiger partial charge in [0, 0.05) is 13.1 Å². The SMILES string of the molecule is CC1CN(c2cncc(C(N)=O)n2)CC(C)O1. The minimum atomic E-state index is -0.561. The quantitative estimate of drug-likeness (QED) is 0.792. The molecule has 17 heavy (non-hydrogen) atoms. The number of anilines is 1. The number of nitrogens with zero attached hydrogens (tertiary/aromatic N) is 3. The third-order valence-electron chi connectivity index (χ3n) is 2.62. The average Bonchev–Trinajstić information content (AvgIpc) is 2.28. The van der Waals surface area contributed by atoms with Crippen LogP contribution in [0.1, 0.15) is 24.3 Å². The highest BCUT2D eigenvalue weighted by Crippen LogP contribution is 2.17. The van der Waals surface area contributed by atoms with Crippen LogP contribution >= 0.6 is 0 Å². The molecule has 6 nitrogen and oxygen atoms in total. The van der Waals surface area contributed by atoms with Gasteiger partial charge in [-0.3, -0.25) is 9.78 Å². The Balaban J connectivity index is 2.21. The lowest BCUT2D eigenvalue weighted by Crippen LogP contribution is -2.46. The number of hydrogen-bond acceptors (Lipinski definition) is 5. The summed E-state index contributed by atoms with van der Waals surface area (Å²) in [5, 5.41) is 0. The van der Waals surface area contributed by atoms with Crippen molar-refractivity contribution in [1.29, 1.82) is 0 Å². The Kier molecular flexibility index (Phi) is 3.23. The molecule has 1 aromatic rings. The first-order valence-corrected chi connectivity index (χ1v) is 5.58. The van der Waals surface area contributed by atoms with Crippen molar-refractivity contribution >= 4 is 11.7 Å². The van der Waals surface area contributed by atoms with Crippen LogP contribution in [0, 0.1) is 0 Å². The van der Waals surface area contributed by atoms with Crippen LogP contribution in [0.25, 0.3) is 0 Å². The second kappa shape index (κ2) is 4.67. The molecule has 1 aliphatic heterocycles. The standard InChI is InChI=1S/C11H16N4O2/c1-7-5-15(6-8(2)17-7)10-4-13-3-9(14-10)11(12)16/h3-4,7-8H,5-6H2,1-2H3,(H2,12,16). The first-order valence-electron chi connectivity index (χ1n) is 5.58. The van der Waals surface area contributed by atoms with E-state index in [2.05, 4.69) is 14.9 Å². The van der Waals surface area contributed by atoms with E-state index in [0.29, 0.717) is 5.82 Å². The van der Waals surface area contributed by atoms with Crippen molar-refractivity contribution in [3.63, 3.8) is 0 Å². The summed E-state index contributed by atoms with van der Waals surface area (Å²) < 4.78 is 5.63. The van der Waals surface area contributed by atoms with Crippen molar-refractivity contribution in [3.8, 4) is 0 Å². The van der Waals surface area contributed by atoms with Crippen LogP contribution in [0.5, 0.6) is 0 Å². The maximum atomic E-state index is 11.0. The normalized spacial score (nSPS) is 24.7. The number of primary amides is 1. The van der Waals surface area contributed by atoms with Gasteiger partial charge in [-0.1, -0.05) is 0 Å². The molecule has 0 bridgehead atoms. The summed E-state index contributed by atoms with van der Waals surface area (Å²) in [5.74, 6) is 0.108. The Hall–Kier alpha value is -1.69. The molecule has 2 rings (SSSR count). The highest BCUT2D eigenvalue weighted by Gasteiger charge is 2.23. The molecule has 1 fully saturated rings. The van der Waals surface area contributed by atoms with E-state index in [1.807, 2.05) is 13.8 Å². The lowest BCUT2D eigenvalue weighted by atomic mass is 10.2. The number of carbonyl (C=O) groups excluding carboxylic acids is 1. The van der Waals surface area contributed by atoms with E-state index in [1.54, 1.807) is 6.20 Å². The molecule has 0 aromatic carbocycles. The van der Waals surface area contributed by atoms with Gasteiger partial charge < -0.3 is 15.4 Å². The Bertz CT molecular complexity index is 414. The van der Waals surface area contributed by atoms with Crippen LogP contribution in [-0.2, 0) is 4.74 Å². The van der Waals surface area contributed by atoms with Crippen molar-refractivity contribution in [1.82, 2.24) is 9.97 Å². The van der Waals surface area contributed by atoms with Crippen molar-refractivity contribution in [3.05, 3.63) is 18.1 Å². The predicted molar refractivity (Wildman–Crippen MR) is 62.8 cm³/mol. The number of morpholine rings is 1. The summed E-state index contributed by atoms with van der Waals surface area (Å²) in [6.07, 6.45) is 3.28. The summed E-state index contributed by atoms with van der Waals surface area (Å²) in [5.41, 5.74) is 5.37. The predicted octanol–water partition coefficient (Wildman–Crippen LogP) is 0.189. The van der Waals surface area contributed by atoms with Gasteiger partial charge in [-0.25, -0.2) is 4.98 Å². The van der Waals surface area contributed by atoms with Crippen LogP contribution in [-0.4, -0.2) is 41.2 Å². The van der Waals surface area contributed by atoms with E-state index < -0.39 is 5.91 Å². The zero-order valence-corrected chi connectivity index (χ0v) is 9.96. The fraction of sp³-hybridized carbons (Fsp3) is 0.545. The van der Waals surface area contributed by atoms with E-state index in [9.17, 15) is 4.79 Å². The summed E-state index contributed by atoms with van der Waals surface area (Å²) in [4.78, 5) is 21.3. The Morgan fingerprint density at radius 3 is 2.65 bits per heavy atom. The lowest BCUT2D eigenvalue weighted by molar-refractivity contribution is -0.00548. The molecule has 2 unspecified atom stereocenters. The zero-order valence-electron chi connectivity index (χ0n) is 9.96. The van der Waals surface area contributed by atoms with Gasteiger partial charge in [0.05, 0.1) is 24.6 Å². The molecule has 0 radical (unpaired) electrons. The van der Waals surface area contributed by atoms with Gasteiger partial charge in [-0.15, -0.1) is 0 Å². The van der Waals surface area contributed by atoms with Gasteiger partial charge in [0.1, 0.15) is 11.5 Å². The molecule has 1 aliphatic rings. The zero-order chi connectivity index (χ0) is 12.4. The molecule has 0 spiro atoms. The number of carbonyl (C=O) groups is 1. The first kappa shape index (κ1) is 11.8. The Labute approximate surface area is 99.8 Å². The van der Waals surface area contributed by atoms with E-state index in [0.717, 1.165) is 13.1 Å². The molecule has 2 N–H and O–H groups in total. The summed E-state index contributed by atoms with van der Waals surface area (Å²) >= 11 is 0. The largest absolute Gasteiger partial charge is 0.372 e. The van der Waals surface area contributed by atoms with Crippen LogP contribution in [0.2, 0.25) is 0 Å². The van der Waals surface area contributed by atoms with Gasteiger partial charge in [0.25, 0.3) is 5.91 Å². The smallest absolute Gasteiger partial charge is 0.268 e. The summed E-state index contributed by atoms with van der Waals surface area (Å²) in [6, 6.07) is 0. The highest BCUT2D eigenvalue weighted by atomic mass is 16.5. The van der Waals surface area contributed by atoms with E-state index in [-0.39, 0.29) is 17.9 Å². The molecular weight excluding hydrogens is 220 g/mol. The molecule has 1 aromatic heterocycles. The van der Waals surface area contributed by atoms with Gasteiger partial charge in [0.2, 0.25) is 0 Å². The minimum absolute atomic E-state index is 0.137. The third-order valence-corrected chi connectivity index (χ3v) is 2.62. The highest BCUT2D eigenvalue weighted by molar-refractivity contribution is 5.90. The summed E-state index contributed by atoms with van der Waals surface area (Å²) in [7, 11) is 0. The number of ether oxygens (including phenoxy) is 1. The maximum absolute atomic E-state index is 11.0. The number of hydrogen-bond donors (Lipinski definition) is 1. The van der Waals surface area contributed by atoms with Crippen LogP contribution in [0.15, 0.2) is 12.4 Å². The van der Waals surface area contributed by atoms with Crippen LogP contribution < -0.4 is 10.6 Å². The fourth-order valence-corrected chi connectivity index (χ4v) is 1.99. The third kappa shape index (κ3) is 2.71. The van der Waals surface area contributed by atoms with E-state index >= 15 is 0 Å². The molecular formula is C11H16N4O2. The van der Waals surface area contributed by atoms with Crippen molar-refractivity contribution in [2.24, 2.45) is 5.73 Å². The number of aromatic nitrogens is 2. The van der Waals surface area contributed by atoms with Gasteiger partial charge in [-0.2, -0.15) is 0 Å². The first-order chi connectivity index (χ1) is 8.06. The topological polar surface area (TPSA) is 81.3 Å². The molecule has 1 amide bonds. The Morgan fingerprint density at radius 2 is 2.06 bits per heavy atom. The van der Waals surface area contributed by atoms with Gasteiger partial charge >= 0.3 is 0 Å². The van der Waals surface area contributed by atoms with Crippen molar-refractivity contribution in [2.45, 2.75) is 26.1 Å². The fourth-order valence-electron chi connectivity index (χ4n) is 1.99. The van der Waals surface area contributed by atoms with Gasteiger partial charge in [0.15, 0.2) is 0 Å². The van der Waals surface area contributed by atoms with Crippen molar-refractivity contribution < 1.29 is 9.53 Å². The molecule has 6 heteroatoms. The van der Waals surface area contributed by atoms with Gasteiger partial charge in [-0.05, 0) is 13.8 Å². The minimum Gasteiger partial charge on any atom is -0.372 e. The second-order valence-corrected chi connectivity index (χ2v) is 4.29. The second-order valence-electron chi connectivity index (χ2n) is 4.29. The lowest BCUT2D eigenvalue weighted by Gasteiger charge is -2.35. The molecule has 1 saturated heterocycles. The molecule has 0 saturated carbocycles. The monoisotopic (exact) mass is 236 g/mol. The van der Waals surface area contributed by atoms with Crippen LogP contribution in [0.4, 0.5) is 5.82 Å². The Morgan fingerprint density at radius 1 is 1.41 bits per heavy atom. The number of amides is 1. The maximum Gasteiger partial charge on any atom is 0.268 e. The molecule has 92 valence electrons. The van der Waals surface area contributed by atoms with E-state index in [1.165, 1.54) is 6.20 Å². The average molecular weight is 236 g/mol. The molecule has 2 atom stereocenters. The number of rotatable bonds is 2. The molecule has 0 aliphatic carbocycles. The summed E-state index contributed by atoms with van der Waals surface area (Å²) in [6.45, 7) is 5.49. The van der Waals surface area contributed by atoms with Crippen LogP contribution in [0.3, 0.4) is 0 Å². The van der Waals surface area contributed by atoms with E-state index in [4.69, 9.17) is 10.5 Å². The van der Waals surface area contributed by atoms with Crippen molar-refractivity contribution in [2.75, 3.05) is 18.0 Å². The number of nitrogens with two attached hydrogens (primary N) is 1.